The molecule has 0 aromatic heterocycles. The van der Waals surface area contributed by atoms with E-state index in [9.17, 15) is 23.3 Å². The minimum Gasteiger partial charge on any atom is -0.339 e. The zero-order valence-corrected chi connectivity index (χ0v) is 23.7. The van der Waals surface area contributed by atoms with Crippen LogP contribution in [0.3, 0.4) is 0 Å². The lowest BCUT2D eigenvalue weighted by molar-refractivity contribution is -0.143. The van der Waals surface area contributed by atoms with E-state index in [1.54, 1.807) is 13.8 Å². The van der Waals surface area contributed by atoms with Crippen LogP contribution < -0.4 is 10.0 Å². The van der Waals surface area contributed by atoms with Gasteiger partial charge in [0.2, 0.25) is 21.8 Å². The van der Waals surface area contributed by atoms with Gasteiger partial charge in [0.05, 0.1) is 11.0 Å². The summed E-state index contributed by atoms with van der Waals surface area (Å²) in [6.45, 7) is 17.2. The zero-order valence-electron chi connectivity index (χ0n) is 22.9. The van der Waals surface area contributed by atoms with Gasteiger partial charge in [-0.1, -0.05) is 59.2 Å². The lowest BCUT2D eigenvalue weighted by atomic mass is 9.86. The number of hydrogen-bond acceptors (Lipinski definition) is 5. The molecule has 2 N–H and O–H groups in total. The van der Waals surface area contributed by atoms with E-state index < -0.39 is 39.5 Å². The third-order valence-corrected chi connectivity index (χ3v) is 9.63. The quantitative estimate of drug-likeness (QED) is 0.577. The first-order valence-electron chi connectivity index (χ1n) is 12.6. The molecule has 1 aromatic carbocycles. The van der Waals surface area contributed by atoms with Crippen LogP contribution in [-0.4, -0.2) is 49.8 Å². The van der Waals surface area contributed by atoms with E-state index in [0.29, 0.717) is 24.1 Å². The molecular formula is C27H40N4O4S. The summed E-state index contributed by atoms with van der Waals surface area (Å²) in [6, 6.07) is 3.25. The largest absolute Gasteiger partial charge is 0.339 e. The molecule has 36 heavy (non-hydrogen) atoms. The topological polar surface area (TPSA) is 119 Å². The number of nitriles is 1. The van der Waals surface area contributed by atoms with Crippen molar-refractivity contribution in [3.8, 4) is 6.07 Å². The lowest BCUT2D eigenvalue weighted by Gasteiger charge is -2.37. The molecule has 9 heteroatoms. The van der Waals surface area contributed by atoms with Gasteiger partial charge in [0.15, 0.2) is 0 Å². The predicted octanol–water partition coefficient (Wildman–Crippen LogP) is 3.21. The van der Waals surface area contributed by atoms with E-state index in [1.807, 2.05) is 46.8 Å². The molecule has 1 saturated heterocycles. The smallest absolute Gasteiger partial charge is 0.244 e. The Balaban J connectivity index is 1.96. The Morgan fingerprint density at radius 2 is 1.75 bits per heavy atom. The SMILES string of the molecule is CC[C@@H](C#N)NC(=O)[C@@H]1[C@@H]2[C@H](CN1C(=O)[C@@H](NS(=O)(=O)c1c(C)cc(C)cc1C)C(C)(C)C)C2(C)C. The third kappa shape index (κ3) is 5.03. The van der Waals surface area contributed by atoms with Gasteiger partial charge in [-0.2, -0.15) is 9.98 Å². The van der Waals surface area contributed by atoms with E-state index in [4.69, 9.17) is 0 Å². The molecule has 1 aliphatic heterocycles. The van der Waals surface area contributed by atoms with Gasteiger partial charge in [0, 0.05) is 6.54 Å². The minimum atomic E-state index is -4.03. The van der Waals surface area contributed by atoms with Crippen LogP contribution in [0.4, 0.5) is 0 Å². The van der Waals surface area contributed by atoms with Crippen LogP contribution in [0.15, 0.2) is 17.0 Å². The molecule has 0 spiro atoms. The van der Waals surface area contributed by atoms with Crippen molar-refractivity contribution in [2.45, 2.75) is 91.8 Å². The molecule has 3 rings (SSSR count). The third-order valence-electron chi connectivity index (χ3n) is 7.90. The summed E-state index contributed by atoms with van der Waals surface area (Å²) < 4.78 is 29.9. The van der Waals surface area contributed by atoms with Crippen molar-refractivity contribution < 1.29 is 18.0 Å². The Bertz CT molecular complexity index is 1190. The molecule has 198 valence electrons. The second-order valence-corrected chi connectivity index (χ2v) is 13.8. The molecule has 1 aromatic rings. The molecule has 2 amide bonds. The molecular weight excluding hydrogens is 476 g/mol. The summed E-state index contributed by atoms with van der Waals surface area (Å²) in [5.74, 6) is -0.646. The average molecular weight is 517 g/mol. The first kappa shape index (κ1) is 28.1. The fourth-order valence-electron chi connectivity index (χ4n) is 5.86. The van der Waals surface area contributed by atoms with Crippen molar-refractivity contribution in [3.63, 3.8) is 0 Å². The first-order valence-corrected chi connectivity index (χ1v) is 14.1. The van der Waals surface area contributed by atoms with Crippen molar-refractivity contribution in [1.82, 2.24) is 14.9 Å². The number of nitrogens with one attached hydrogen (secondary N) is 2. The number of hydrogen-bond donors (Lipinski definition) is 2. The average Bonchev–Trinajstić information content (AvgIpc) is 3.08. The Kier molecular flexibility index (Phi) is 7.39. The number of likely N-dealkylation sites (tertiary alicyclic amines) is 1. The number of aryl methyl sites for hydroxylation is 3. The van der Waals surface area contributed by atoms with E-state index in [0.717, 1.165) is 5.56 Å². The van der Waals surface area contributed by atoms with Gasteiger partial charge in [-0.25, -0.2) is 8.42 Å². The molecule has 0 bridgehead atoms. The van der Waals surface area contributed by atoms with Crippen LogP contribution in [0, 0.1) is 54.8 Å². The molecule has 2 fully saturated rings. The van der Waals surface area contributed by atoms with Crippen LogP contribution in [0.5, 0.6) is 0 Å². The molecule has 1 saturated carbocycles. The molecule has 1 heterocycles. The highest BCUT2D eigenvalue weighted by atomic mass is 32.2. The predicted molar refractivity (Wildman–Crippen MR) is 138 cm³/mol. The maximum absolute atomic E-state index is 14.0. The fourth-order valence-corrected chi connectivity index (χ4v) is 7.71. The highest BCUT2D eigenvalue weighted by Gasteiger charge is 2.69. The lowest BCUT2D eigenvalue weighted by Crippen LogP contribution is -2.59. The number of amides is 2. The zero-order chi connectivity index (χ0) is 27.4. The van der Waals surface area contributed by atoms with Gasteiger partial charge >= 0.3 is 0 Å². The van der Waals surface area contributed by atoms with E-state index in [1.165, 1.54) is 4.90 Å². The van der Waals surface area contributed by atoms with Crippen LogP contribution in [0.1, 0.15) is 64.7 Å². The van der Waals surface area contributed by atoms with E-state index in [2.05, 4.69) is 30.0 Å². The first-order chi connectivity index (χ1) is 16.5. The number of carbonyl (C=O) groups is 2. The summed E-state index contributed by atoms with van der Waals surface area (Å²) in [5.41, 5.74) is 1.34. The molecule has 1 aliphatic carbocycles. The number of sulfonamides is 1. The van der Waals surface area contributed by atoms with Crippen LogP contribution in [0.25, 0.3) is 0 Å². The molecule has 8 nitrogen and oxygen atoms in total. The highest BCUT2D eigenvalue weighted by molar-refractivity contribution is 7.89. The van der Waals surface area contributed by atoms with Gasteiger partial charge in [-0.15, -0.1) is 0 Å². The second kappa shape index (κ2) is 9.46. The summed E-state index contributed by atoms with van der Waals surface area (Å²) in [7, 11) is -4.03. The van der Waals surface area contributed by atoms with Gasteiger partial charge < -0.3 is 10.2 Å². The number of rotatable bonds is 7. The highest BCUT2D eigenvalue weighted by Crippen LogP contribution is 2.65. The van der Waals surface area contributed by atoms with Gasteiger partial charge in [-0.3, -0.25) is 9.59 Å². The Labute approximate surface area is 215 Å². The van der Waals surface area contributed by atoms with Crippen LogP contribution >= 0.6 is 0 Å². The molecule has 5 atom stereocenters. The number of nitrogens with zero attached hydrogens (tertiary/aromatic N) is 2. The molecule has 0 radical (unpaired) electrons. The van der Waals surface area contributed by atoms with Crippen molar-refractivity contribution in [1.29, 1.82) is 5.26 Å². The Morgan fingerprint density at radius 1 is 1.19 bits per heavy atom. The number of benzene rings is 1. The van der Waals surface area contributed by atoms with Gasteiger partial charge in [0.1, 0.15) is 18.1 Å². The number of fused-ring (bicyclic) bond motifs is 1. The van der Waals surface area contributed by atoms with Crippen molar-refractivity contribution >= 4 is 21.8 Å². The van der Waals surface area contributed by atoms with E-state index in [-0.39, 0.29) is 28.1 Å². The van der Waals surface area contributed by atoms with Crippen LogP contribution in [0.2, 0.25) is 0 Å². The Hall–Kier alpha value is -2.44. The van der Waals surface area contributed by atoms with Crippen molar-refractivity contribution in [2.75, 3.05) is 6.54 Å². The van der Waals surface area contributed by atoms with Gasteiger partial charge in [0.25, 0.3) is 0 Å². The van der Waals surface area contributed by atoms with Gasteiger partial charge in [-0.05, 0) is 61.0 Å². The van der Waals surface area contributed by atoms with Crippen molar-refractivity contribution in [3.05, 3.63) is 28.8 Å². The standard InChI is InChI=1S/C27H40N4O4S/c1-10-18(13-28)29-24(32)21-20-19(27(20,8)9)14-31(21)25(33)23(26(5,6)7)30-36(34,35)22-16(3)11-15(2)12-17(22)4/h11-12,18-21,23,30H,10,14H2,1-9H3,(H,29,32)/t18-,19-,20-,21-,23+/m0/s1. The fraction of sp³-hybridized carbons (Fsp3) is 0.667. The van der Waals surface area contributed by atoms with Crippen LogP contribution in [-0.2, 0) is 19.6 Å². The summed E-state index contributed by atoms with van der Waals surface area (Å²) in [5, 5.41) is 12.1. The summed E-state index contributed by atoms with van der Waals surface area (Å²) in [4.78, 5) is 29.0. The second-order valence-electron chi connectivity index (χ2n) is 12.1. The summed E-state index contributed by atoms with van der Waals surface area (Å²) >= 11 is 0. The maximum atomic E-state index is 14.0. The number of piperidine rings is 1. The van der Waals surface area contributed by atoms with Crippen molar-refractivity contribution in [2.24, 2.45) is 22.7 Å². The molecule has 2 aliphatic rings. The summed E-state index contributed by atoms with van der Waals surface area (Å²) in [6.07, 6.45) is 0.458. The normalized spacial score (nSPS) is 24.4. The van der Waals surface area contributed by atoms with E-state index >= 15 is 0 Å². The monoisotopic (exact) mass is 516 g/mol. The molecule has 0 unspecified atom stereocenters. The number of carbonyl (C=O) groups excluding carboxylic acids is 2. The maximum Gasteiger partial charge on any atom is 0.244 e. The Morgan fingerprint density at radius 3 is 2.22 bits per heavy atom. The minimum absolute atomic E-state index is 0.0311.